The molecule has 1 aliphatic heterocycles. The first kappa shape index (κ1) is 14.0. The van der Waals surface area contributed by atoms with Crippen LogP contribution in [0.3, 0.4) is 0 Å². The average molecular weight is 265 g/mol. The zero-order valence-electron chi connectivity index (χ0n) is 11.6. The maximum Gasteiger partial charge on any atom is 0.245 e. The number of carbonyl (C=O) groups is 1. The fourth-order valence-corrected chi connectivity index (χ4v) is 2.42. The van der Waals surface area contributed by atoms with E-state index in [1.165, 1.54) is 12.1 Å². The standard InChI is InChI=1S/C14H20FN3O/c1-10-9-18(12-6-4-11(15)5-7-12)14(19)13(8-16-2)17(10)3/h4-7,10,13,16H,8-9H2,1-3H3. The summed E-state index contributed by atoms with van der Waals surface area (Å²) in [7, 11) is 3.80. The van der Waals surface area contributed by atoms with Crippen LogP contribution in [-0.2, 0) is 4.79 Å². The second-order valence-electron chi connectivity index (χ2n) is 5.01. The molecule has 0 aliphatic carbocycles. The van der Waals surface area contributed by atoms with E-state index in [-0.39, 0.29) is 23.8 Å². The van der Waals surface area contributed by atoms with E-state index in [1.807, 2.05) is 14.1 Å². The number of piperazine rings is 1. The summed E-state index contributed by atoms with van der Waals surface area (Å²) in [4.78, 5) is 16.3. The quantitative estimate of drug-likeness (QED) is 0.888. The highest BCUT2D eigenvalue weighted by atomic mass is 19.1. The molecular weight excluding hydrogens is 245 g/mol. The number of benzene rings is 1. The van der Waals surface area contributed by atoms with Crippen LogP contribution in [0.25, 0.3) is 0 Å². The Bertz CT molecular complexity index is 449. The molecule has 0 spiro atoms. The summed E-state index contributed by atoms with van der Waals surface area (Å²) in [5.74, 6) is -0.230. The molecule has 1 amide bonds. The second kappa shape index (κ2) is 5.67. The fourth-order valence-electron chi connectivity index (χ4n) is 2.42. The predicted molar refractivity (Wildman–Crippen MR) is 73.7 cm³/mol. The fraction of sp³-hybridized carbons (Fsp3) is 0.500. The first-order valence-electron chi connectivity index (χ1n) is 6.48. The molecule has 104 valence electrons. The number of rotatable bonds is 3. The number of likely N-dealkylation sites (N-methyl/N-ethyl adjacent to an activating group) is 2. The Labute approximate surface area is 113 Å². The predicted octanol–water partition coefficient (Wildman–Crippen LogP) is 1.08. The molecule has 1 aromatic rings. The first-order valence-corrected chi connectivity index (χ1v) is 6.48. The first-order chi connectivity index (χ1) is 9.04. The molecule has 0 bridgehead atoms. The molecule has 19 heavy (non-hydrogen) atoms. The molecule has 0 radical (unpaired) electrons. The number of amides is 1. The number of hydrogen-bond acceptors (Lipinski definition) is 3. The van der Waals surface area contributed by atoms with Crippen LogP contribution in [0.5, 0.6) is 0 Å². The number of nitrogens with zero attached hydrogens (tertiary/aromatic N) is 2. The maximum absolute atomic E-state index is 13.0. The third-order valence-electron chi connectivity index (χ3n) is 3.72. The Morgan fingerprint density at radius 1 is 1.37 bits per heavy atom. The van der Waals surface area contributed by atoms with Crippen molar-refractivity contribution in [1.82, 2.24) is 10.2 Å². The molecule has 4 nitrogen and oxygen atoms in total. The molecule has 1 heterocycles. The largest absolute Gasteiger partial charge is 0.318 e. The summed E-state index contributed by atoms with van der Waals surface area (Å²) in [6.07, 6.45) is 0. The van der Waals surface area contributed by atoms with E-state index in [2.05, 4.69) is 17.1 Å². The van der Waals surface area contributed by atoms with Crippen LogP contribution in [0, 0.1) is 5.82 Å². The Hall–Kier alpha value is -1.46. The van der Waals surface area contributed by atoms with Gasteiger partial charge < -0.3 is 10.2 Å². The minimum atomic E-state index is -0.287. The highest BCUT2D eigenvalue weighted by Gasteiger charge is 2.36. The van der Waals surface area contributed by atoms with Gasteiger partial charge in [-0.1, -0.05) is 0 Å². The highest BCUT2D eigenvalue weighted by Crippen LogP contribution is 2.22. The minimum absolute atomic E-state index is 0.0570. The Morgan fingerprint density at radius 2 is 2.00 bits per heavy atom. The maximum atomic E-state index is 13.0. The van der Waals surface area contributed by atoms with Crippen molar-refractivity contribution in [3.8, 4) is 0 Å². The molecule has 1 fully saturated rings. The third kappa shape index (κ3) is 2.77. The third-order valence-corrected chi connectivity index (χ3v) is 3.72. The summed E-state index contributed by atoms with van der Waals surface area (Å²) >= 11 is 0. The van der Waals surface area contributed by atoms with Crippen molar-refractivity contribution in [2.45, 2.75) is 19.0 Å². The van der Waals surface area contributed by atoms with E-state index in [9.17, 15) is 9.18 Å². The van der Waals surface area contributed by atoms with Crippen LogP contribution in [0.4, 0.5) is 10.1 Å². The van der Waals surface area contributed by atoms with Gasteiger partial charge in [0.15, 0.2) is 0 Å². The van der Waals surface area contributed by atoms with Gasteiger partial charge in [0.2, 0.25) is 5.91 Å². The van der Waals surface area contributed by atoms with Crippen LogP contribution in [-0.4, -0.2) is 50.1 Å². The molecule has 1 N–H and O–H groups in total. The van der Waals surface area contributed by atoms with Crippen molar-refractivity contribution < 1.29 is 9.18 Å². The van der Waals surface area contributed by atoms with E-state index in [0.29, 0.717) is 13.1 Å². The van der Waals surface area contributed by atoms with Gasteiger partial charge in [-0.2, -0.15) is 0 Å². The molecule has 2 unspecified atom stereocenters. The van der Waals surface area contributed by atoms with Gasteiger partial charge in [-0.3, -0.25) is 9.69 Å². The van der Waals surface area contributed by atoms with Crippen molar-refractivity contribution in [2.75, 3.05) is 32.1 Å². The summed E-state index contributed by atoms with van der Waals surface area (Å²) in [6.45, 7) is 3.32. The van der Waals surface area contributed by atoms with E-state index < -0.39 is 0 Å². The lowest BCUT2D eigenvalue weighted by atomic mass is 10.1. The van der Waals surface area contributed by atoms with Gasteiger partial charge in [-0.05, 0) is 45.3 Å². The number of carbonyl (C=O) groups excluding carboxylic acids is 1. The molecular formula is C14H20FN3O. The number of halogens is 1. The molecule has 1 saturated heterocycles. The van der Waals surface area contributed by atoms with Gasteiger partial charge in [-0.25, -0.2) is 4.39 Å². The van der Waals surface area contributed by atoms with E-state index in [0.717, 1.165) is 5.69 Å². The van der Waals surface area contributed by atoms with E-state index in [1.54, 1.807) is 17.0 Å². The van der Waals surface area contributed by atoms with Crippen LogP contribution < -0.4 is 10.2 Å². The number of anilines is 1. The highest BCUT2D eigenvalue weighted by molar-refractivity contribution is 5.98. The lowest BCUT2D eigenvalue weighted by Crippen LogP contribution is -2.62. The van der Waals surface area contributed by atoms with Crippen molar-refractivity contribution in [3.63, 3.8) is 0 Å². The average Bonchev–Trinajstić information content (AvgIpc) is 2.40. The normalized spacial score (nSPS) is 24.8. The van der Waals surface area contributed by atoms with E-state index in [4.69, 9.17) is 0 Å². The van der Waals surface area contributed by atoms with Crippen molar-refractivity contribution in [2.24, 2.45) is 0 Å². The van der Waals surface area contributed by atoms with Crippen LogP contribution >= 0.6 is 0 Å². The molecule has 2 rings (SSSR count). The molecule has 0 saturated carbocycles. The van der Waals surface area contributed by atoms with Crippen LogP contribution in [0.15, 0.2) is 24.3 Å². The lowest BCUT2D eigenvalue weighted by molar-refractivity contribution is -0.126. The lowest BCUT2D eigenvalue weighted by Gasteiger charge is -2.43. The van der Waals surface area contributed by atoms with E-state index >= 15 is 0 Å². The van der Waals surface area contributed by atoms with Crippen LogP contribution in [0.2, 0.25) is 0 Å². The summed E-state index contributed by atoms with van der Waals surface area (Å²) in [5.41, 5.74) is 0.757. The molecule has 0 aromatic heterocycles. The van der Waals surface area contributed by atoms with Gasteiger partial charge in [-0.15, -0.1) is 0 Å². The monoisotopic (exact) mass is 265 g/mol. The molecule has 1 aromatic carbocycles. The smallest absolute Gasteiger partial charge is 0.245 e. The topological polar surface area (TPSA) is 35.6 Å². The van der Waals surface area contributed by atoms with Gasteiger partial charge in [0.25, 0.3) is 0 Å². The van der Waals surface area contributed by atoms with Crippen LogP contribution in [0.1, 0.15) is 6.92 Å². The Balaban J connectivity index is 2.25. The second-order valence-corrected chi connectivity index (χ2v) is 5.01. The van der Waals surface area contributed by atoms with Gasteiger partial charge in [0.05, 0.1) is 0 Å². The van der Waals surface area contributed by atoms with Gasteiger partial charge in [0.1, 0.15) is 11.9 Å². The Kier molecular flexibility index (Phi) is 4.17. The molecule has 1 aliphatic rings. The van der Waals surface area contributed by atoms with Crippen molar-refractivity contribution in [1.29, 1.82) is 0 Å². The Morgan fingerprint density at radius 3 is 2.58 bits per heavy atom. The van der Waals surface area contributed by atoms with Crippen molar-refractivity contribution in [3.05, 3.63) is 30.1 Å². The summed E-state index contributed by atoms with van der Waals surface area (Å²) in [5, 5.41) is 3.05. The summed E-state index contributed by atoms with van der Waals surface area (Å²) in [6, 6.07) is 6.17. The van der Waals surface area contributed by atoms with Crippen molar-refractivity contribution >= 4 is 11.6 Å². The zero-order valence-corrected chi connectivity index (χ0v) is 11.6. The summed E-state index contributed by atoms with van der Waals surface area (Å²) < 4.78 is 13.0. The number of hydrogen-bond donors (Lipinski definition) is 1. The van der Waals surface area contributed by atoms with Gasteiger partial charge in [0, 0.05) is 24.8 Å². The minimum Gasteiger partial charge on any atom is -0.318 e. The molecule has 5 heteroatoms. The van der Waals surface area contributed by atoms with Gasteiger partial charge >= 0.3 is 0 Å². The molecule has 2 atom stereocenters. The SMILES string of the molecule is CNCC1C(=O)N(c2ccc(F)cc2)CC(C)N1C. The zero-order chi connectivity index (χ0) is 14.0. The number of nitrogens with one attached hydrogen (secondary N) is 1.